The van der Waals surface area contributed by atoms with Crippen LogP contribution in [0.2, 0.25) is 0 Å². The number of H-pyrrole nitrogens is 2. The van der Waals surface area contributed by atoms with Crippen molar-refractivity contribution in [3.05, 3.63) is 22.6 Å². The van der Waals surface area contributed by atoms with Gasteiger partial charge in [-0.1, -0.05) is 0 Å². The number of rotatable bonds is 5. The number of nitrogens with zero attached hydrogens (tertiary/aromatic N) is 2. The van der Waals surface area contributed by atoms with Crippen LogP contribution in [0.1, 0.15) is 26.2 Å². The number of anilines is 1. The van der Waals surface area contributed by atoms with Gasteiger partial charge in [-0.15, -0.1) is 0 Å². The summed E-state index contributed by atoms with van der Waals surface area (Å²) in [6.07, 6.45) is 0.354. The summed E-state index contributed by atoms with van der Waals surface area (Å²) in [7, 11) is 0. The van der Waals surface area contributed by atoms with Crippen LogP contribution in [0.3, 0.4) is 0 Å². The normalized spacial score (nSPS) is 19.7. The second-order valence-electron chi connectivity index (χ2n) is 6.65. The van der Waals surface area contributed by atoms with Crippen molar-refractivity contribution in [3.8, 4) is 0 Å². The van der Waals surface area contributed by atoms with Gasteiger partial charge in [0.05, 0.1) is 10.9 Å². The molecule has 1 saturated heterocycles. The zero-order valence-corrected chi connectivity index (χ0v) is 14.2. The summed E-state index contributed by atoms with van der Waals surface area (Å²) in [5.74, 6) is -1.29. The second kappa shape index (κ2) is 6.62. The lowest BCUT2D eigenvalue weighted by Crippen LogP contribution is -2.35. The van der Waals surface area contributed by atoms with Gasteiger partial charge >= 0.3 is 11.7 Å². The third-order valence-corrected chi connectivity index (χ3v) is 4.55. The number of aromatic amines is 2. The van der Waals surface area contributed by atoms with Gasteiger partial charge in [-0.2, -0.15) is 0 Å². The molecule has 0 radical (unpaired) electrons. The van der Waals surface area contributed by atoms with Crippen LogP contribution in [0.25, 0.3) is 11.2 Å². The monoisotopic (exact) mass is 361 g/mol. The number of pyridine rings is 1. The SMILES string of the molecule is CC1(C(=O)O)CCN(C(=O)CCC(=O)Nc2ccc3[nH]c(=O)[nH]c3n2)C1. The number of carbonyl (C=O) groups excluding carboxylic acids is 2. The summed E-state index contributed by atoms with van der Waals surface area (Å²) in [6, 6.07) is 3.16. The highest BCUT2D eigenvalue weighted by atomic mass is 16.4. The predicted molar refractivity (Wildman–Crippen MR) is 91.5 cm³/mol. The van der Waals surface area contributed by atoms with Crippen LogP contribution in [0.5, 0.6) is 0 Å². The van der Waals surface area contributed by atoms with Crippen LogP contribution in [0, 0.1) is 5.41 Å². The van der Waals surface area contributed by atoms with Crippen LogP contribution in [-0.4, -0.2) is 55.8 Å². The Morgan fingerprint density at radius 3 is 2.77 bits per heavy atom. The van der Waals surface area contributed by atoms with Gasteiger partial charge in [0.15, 0.2) is 5.65 Å². The van der Waals surface area contributed by atoms with Crippen LogP contribution in [0.15, 0.2) is 16.9 Å². The number of hydrogen-bond acceptors (Lipinski definition) is 5. The first-order valence-corrected chi connectivity index (χ1v) is 8.17. The maximum Gasteiger partial charge on any atom is 0.325 e. The minimum absolute atomic E-state index is 0.00916. The molecule has 1 unspecified atom stereocenters. The third kappa shape index (κ3) is 3.58. The fourth-order valence-electron chi connectivity index (χ4n) is 2.92. The molecule has 0 spiro atoms. The standard InChI is InChI=1S/C16H19N5O5/c1-16(14(24)25)6-7-21(8-16)12(23)5-4-11(22)18-10-3-2-9-13(19-10)20-15(26)17-9/h2-3H,4-8H2,1H3,(H,24,25)(H3,17,18,19,20,22,26). The smallest absolute Gasteiger partial charge is 0.325 e. The van der Waals surface area contributed by atoms with E-state index in [1.807, 2.05) is 0 Å². The van der Waals surface area contributed by atoms with Crippen molar-refractivity contribution in [2.24, 2.45) is 5.41 Å². The van der Waals surface area contributed by atoms with E-state index in [9.17, 15) is 24.3 Å². The van der Waals surface area contributed by atoms with Crippen molar-refractivity contribution in [2.45, 2.75) is 26.2 Å². The summed E-state index contributed by atoms with van der Waals surface area (Å²) in [6.45, 7) is 2.15. The summed E-state index contributed by atoms with van der Waals surface area (Å²) >= 11 is 0. The molecule has 0 aromatic carbocycles. The van der Waals surface area contributed by atoms with Gasteiger partial charge in [0.2, 0.25) is 11.8 Å². The summed E-state index contributed by atoms with van der Waals surface area (Å²) in [4.78, 5) is 57.2. The molecule has 0 bridgehead atoms. The molecule has 26 heavy (non-hydrogen) atoms. The molecule has 1 aliphatic heterocycles. The molecule has 10 heteroatoms. The first-order chi connectivity index (χ1) is 12.3. The second-order valence-corrected chi connectivity index (χ2v) is 6.65. The lowest BCUT2D eigenvalue weighted by Gasteiger charge is -2.20. The van der Waals surface area contributed by atoms with Crippen molar-refractivity contribution in [1.82, 2.24) is 19.9 Å². The molecule has 3 rings (SSSR count). The van der Waals surface area contributed by atoms with E-state index in [1.54, 1.807) is 19.1 Å². The largest absolute Gasteiger partial charge is 0.481 e. The van der Waals surface area contributed by atoms with Crippen molar-refractivity contribution in [2.75, 3.05) is 18.4 Å². The van der Waals surface area contributed by atoms with Gasteiger partial charge in [0.25, 0.3) is 0 Å². The number of carboxylic acid groups (broad SMARTS) is 1. The maximum absolute atomic E-state index is 12.2. The van der Waals surface area contributed by atoms with Gasteiger partial charge in [-0.3, -0.25) is 19.4 Å². The third-order valence-electron chi connectivity index (χ3n) is 4.55. The molecule has 138 valence electrons. The Balaban J connectivity index is 1.52. The Bertz CT molecular complexity index is 932. The average Bonchev–Trinajstić information content (AvgIpc) is 3.15. The number of imidazole rings is 1. The molecule has 1 aliphatic rings. The molecular formula is C16H19N5O5. The molecule has 2 amide bonds. The van der Waals surface area contributed by atoms with Gasteiger partial charge in [-0.25, -0.2) is 9.78 Å². The number of amides is 2. The predicted octanol–water partition coefficient (Wildman–Crippen LogP) is 0.293. The van der Waals surface area contributed by atoms with Gasteiger partial charge in [0, 0.05) is 25.9 Å². The minimum Gasteiger partial charge on any atom is -0.481 e. The number of nitrogens with one attached hydrogen (secondary N) is 3. The number of carboxylic acids is 1. The Kier molecular flexibility index (Phi) is 4.49. The lowest BCUT2D eigenvalue weighted by atomic mass is 9.90. The summed E-state index contributed by atoms with van der Waals surface area (Å²) < 4.78 is 0. The molecule has 3 heterocycles. The van der Waals surface area contributed by atoms with E-state index in [2.05, 4.69) is 20.3 Å². The van der Waals surface area contributed by atoms with Crippen LogP contribution >= 0.6 is 0 Å². The summed E-state index contributed by atoms with van der Waals surface area (Å²) in [5.41, 5.74) is -0.460. The zero-order chi connectivity index (χ0) is 18.9. The average molecular weight is 361 g/mol. The van der Waals surface area contributed by atoms with Gasteiger partial charge in [0.1, 0.15) is 5.82 Å². The van der Waals surface area contributed by atoms with Crippen molar-refractivity contribution < 1.29 is 19.5 Å². The van der Waals surface area contributed by atoms with Crippen LogP contribution in [0.4, 0.5) is 5.82 Å². The van der Waals surface area contributed by atoms with Crippen LogP contribution < -0.4 is 11.0 Å². The van der Waals surface area contributed by atoms with Gasteiger partial charge < -0.3 is 20.3 Å². The first-order valence-electron chi connectivity index (χ1n) is 8.17. The number of aromatic nitrogens is 3. The maximum atomic E-state index is 12.2. The molecule has 4 N–H and O–H groups in total. The van der Waals surface area contributed by atoms with Crippen molar-refractivity contribution in [1.29, 1.82) is 0 Å². The fourth-order valence-corrected chi connectivity index (χ4v) is 2.92. The Morgan fingerprint density at radius 1 is 1.31 bits per heavy atom. The number of aliphatic carboxylic acids is 1. The van der Waals surface area contributed by atoms with E-state index in [0.29, 0.717) is 24.1 Å². The van der Waals surface area contributed by atoms with E-state index < -0.39 is 11.4 Å². The zero-order valence-electron chi connectivity index (χ0n) is 14.2. The highest BCUT2D eigenvalue weighted by Crippen LogP contribution is 2.30. The molecule has 0 aliphatic carbocycles. The van der Waals surface area contributed by atoms with Gasteiger partial charge in [-0.05, 0) is 25.5 Å². The first kappa shape index (κ1) is 17.6. The number of hydrogen-bond donors (Lipinski definition) is 4. The molecule has 10 nitrogen and oxygen atoms in total. The van der Waals surface area contributed by atoms with E-state index in [-0.39, 0.29) is 42.7 Å². The molecule has 0 saturated carbocycles. The Morgan fingerprint density at radius 2 is 2.08 bits per heavy atom. The number of likely N-dealkylation sites (tertiary alicyclic amines) is 1. The topological polar surface area (TPSA) is 148 Å². The molecule has 1 atom stereocenters. The number of fused-ring (bicyclic) bond motifs is 1. The fraction of sp³-hybridized carbons (Fsp3) is 0.438. The number of carbonyl (C=O) groups is 3. The highest BCUT2D eigenvalue weighted by Gasteiger charge is 2.41. The van der Waals surface area contributed by atoms with E-state index in [1.165, 1.54) is 4.90 Å². The van der Waals surface area contributed by atoms with E-state index in [0.717, 1.165) is 0 Å². The van der Waals surface area contributed by atoms with Crippen LogP contribution in [-0.2, 0) is 14.4 Å². The summed E-state index contributed by atoms with van der Waals surface area (Å²) in [5, 5.41) is 11.8. The molecular weight excluding hydrogens is 342 g/mol. The highest BCUT2D eigenvalue weighted by molar-refractivity contribution is 5.93. The molecule has 1 fully saturated rings. The molecule has 2 aromatic heterocycles. The lowest BCUT2D eigenvalue weighted by molar-refractivity contribution is -0.147. The van der Waals surface area contributed by atoms with Crippen molar-refractivity contribution >= 4 is 34.8 Å². The van der Waals surface area contributed by atoms with E-state index >= 15 is 0 Å². The minimum atomic E-state index is -0.926. The van der Waals surface area contributed by atoms with E-state index in [4.69, 9.17) is 0 Å². The Hall–Kier alpha value is -3.17. The quantitative estimate of drug-likeness (QED) is 0.602. The molecule has 2 aromatic rings. The Labute approximate surface area is 147 Å². The van der Waals surface area contributed by atoms with Crippen molar-refractivity contribution in [3.63, 3.8) is 0 Å².